The van der Waals surface area contributed by atoms with Crippen LogP contribution in [0.4, 0.5) is 0 Å². The van der Waals surface area contributed by atoms with E-state index in [1.807, 2.05) is 54.6 Å². The van der Waals surface area contributed by atoms with Crippen LogP contribution in [-0.2, 0) is 17.8 Å². The van der Waals surface area contributed by atoms with Gasteiger partial charge in [-0.2, -0.15) is 0 Å². The maximum Gasteiger partial charge on any atom is 0.326 e. The highest BCUT2D eigenvalue weighted by molar-refractivity contribution is 6.06. The van der Waals surface area contributed by atoms with E-state index in [0.29, 0.717) is 17.7 Å². The number of amides is 1. The van der Waals surface area contributed by atoms with Crippen LogP contribution in [0.25, 0.3) is 21.7 Å². The van der Waals surface area contributed by atoms with Gasteiger partial charge in [0.15, 0.2) is 0 Å². The summed E-state index contributed by atoms with van der Waals surface area (Å²) in [6.45, 7) is 0.315. The number of carbonyl (C=O) groups excluding carboxylic acids is 1. The third-order valence-corrected chi connectivity index (χ3v) is 5.90. The molecule has 0 aliphatic carbocycles. The fourth-order valence-electron chi connectivity index (χ4n) is 4.03. The van der Waals surface area contributed by atoms with E-state index in [4.69, 9.17) is 4.74 Å². The Kier molecular flexibility index (Phi) is 6.53. The molecule has 7 nitrogen and oxygen atoms in total. The van der Waals surface area contributed by atoms with Gasteiger partial charge in [0, 0.05) is 23.4 Å². The van der Waals surface area contributed by atoms with E-state index >= 15 is 0 Å². The van der Waals surface area contributed by atoms with Crippen LogP contribution >= 0.6 is 0 Å². The average Bonchev–Trinajstić information content (AvgIpc) is 2.91. The molecule has 1 unspecified atom stereocenters. The van der Waals surface area contributed by atoms with Crippen LogP contribution in [0.3, 0.4) is 0 Å². The van der Waals surface area contributed by atoms with Crippen molar-refractivity contribution in [2.24, 2.45) is 0 Å². The van der Waals surface area contributed by atoms with E-state index in [2.05, 4.69) is 15.3 Å². The monoisotopic (exact) mass is 477 g/mol. The molecule has 5 aromatic rings. The fraction of sp³-hybridized carbons (Fsp3) is 0.103. The number of carbonyl (C=O) groups is 2. The summed E-state index contributed by atoms with van der Waals surface area (Å²) in [6, 6.07) is 27.0. The van der Waals surface area contributed by atoms with E-state index in [0.717, 1.165) is 27.5 Å². The van der Waals surface area contributed by atoms with Gasteiger partial charge in [-0.3, -0.25) is 9.78 Å². The smallest absolute Gasteiger partial charge is 0.326 e. The molecule has 2 aromatic heterocycles. The second-order valence-corrected chi connectivity index (χ2v) is 8.38. The number of fused-ring (bicyclic) bond motifs is 2. The Labute approximate surface area is 207 Å². The molecule has 0 radical (unpaired) electrons. The highest BCUT2D eigenvalue weighted by Crippen LogP contribution is 2.19. The number of carboxylic acids is 1. The fourth-order valence-corrected chi connectivity index (χ4v) is 4.03. The van der Waals surface area contributed by atoms with E-state index in [-0.39, 0.29) is 12.1 Å². The van der Waals surface area contributed by atoms with Crippen molar-refractivity contribution in [1.82, 2.24) is 15.3 Å². The lowest BCUT2D eigenvalue weighted by molar-refractivity contribution is -0.139. The number of ether oxygens (including phenoxy) is 1. The molecule has 0 aliphatic rings. The minimum atomic E-state index is -1.12. The zero-order valence-corrected chi connectivity index (χ0v) is 19.3. The van der Waals surface area contributed by atoms with Gasteiger partial charge in [-0.1, -0.05) is 60.7 Å². The lowest BCUT2D eigenvalue weighted by Gasteiger charge is -2.15. The Morgan fingerprint density at radius 1 is 0.861 bits per heavy atom. The van der Waals surface area contributed by atoms with Crippen molar-refractivity contribution < 1.29 is 19.4 Å². The van der Waals surface area contributed by atoms with E-state index < -0.39 is 17.9 Å². The molecule has 0 saturated carbocycles. The van der Waals surface area contributed by atoms with Gasteiger partial charge in [0.05, 0.1) is 11.2 Å². The van der Waals surface area contributed by atoms with Crippen molar-refractivity contribution in [3.8, 4) is 5.75 Å². The van der Waals surface area contributed by atoms with Crippen molar-refractivity contribution in [2.45, 2.75) is 19.1 Å². The Bertz CT molecular complexity index is 1540. The number of aliphatic carboxylic acids is 1. The molecule has 1 atom stereocenters. The number of benzene rings is 3. The van der Waals surface area contributed by atoms with E-state index in [1.54, 1.807) is 42.6 Å². The van der Waals surface area contributed by atoms with Crippen molar-refractivity contribution in [3.63, 3.8) is 0 Å². The molecule has 0 fully saturated rings. The minimum absolute atomic E-state index is 0.123. The Balaban J connectivity index is 1.23. The lowest BCUT2D eigenvalue weighted by Crippen LogP contribution is -2.42. The molecular formula is C29H23N3O4. The average molecular weight is 478 g/mol. The van der Waals surface area contributed by atoms with Crippen molar-refractivity contribution in [1.29, 1.82) is 0 Å². The quantitative estimate of drug-likeness (QED) is 0.333. The first-order chi connectivity index (χ1) is 17.6. The maximum atomic E-state index is 12.9. The van der Waals surface area contributed by atoms with Gasteiger partial charge in [0.2, 0.25) is 0 Å². The van der Waals surface area contributed by atoms with Gasteiger partial charge in [-0.15, -0.1) is 0 Å². The summed E-state index contributed by atoms with van der Waals surface area (Å²) in [5.74, 6) is -1.00. The summed E-state index contributed by atoms with van der Waals surface area (Å²) in [5.41, 5.74) is 2.68. The summed E-state index contributed by atoms with van der Waals surface area (Å²) in [7, 11) is 0. The van der Waals surface area contributed by atoms with Crippen molar-refractivity contribution >= 4 is 33.6 Å². The number of hydrogen-bond donors (Lipinski definition) is 2. The molecule has 36 heavy (non-hydrogen) atoms. The van der Waals surface area contributed by atoms with Gasteiger partial charge in [-0.25, -0.2) is 9.78 Å². The molecule has 0 saturated heterocycles. The Morgan fingerprint density at radius 3 is 2.42 bits per heavy atom. The standard InChI is InChI=1S/C29H23N3O4/c33-28(27-24-7-3-1-5-20(24)15-16-30-27)32-26(29(34)35)17-19-9-13-23(14-10-19)36-18-22-12-11-21-6-2-4-8-25(21)31-22/h1-16,26H,17-18H2,(H,32,33)(H,34,35). The van der Waals surface area contributed by atoms with E-state index in [1.165, 1.54) is 0 Å². The van der Waals surface area contributed by atoms with Crippen LogP contribution in [-0.4, -0.2) is 33.0 Å². The molecule has 0 bridgehead atoms. The summed E-state index contributed by atoms with van der Waals surface area (Å²) in [6.07, 6.45) is 1.66. The summed E-state index contributed by atoms with van der Waals surface area (Å²) < 4.78 is 5.85. The second-order valence-electron chi connectivity index (χ2n) is 8.38. The first kappa shape index (κ1) is 23.0. The zero-order valence-electron chi connectivity index (χ0n) is 19.3. The number of nitrogens with one attached hydrogen (secondary N) is 1. The van der Waals surface area contributed by atoms with Gasteiger partial charge in [0.1, 0.15) is 24.1 Å². The highest BCUT2D eigenvalue weighted by atomic mass is 16.5. The lowest BCUT2D eigenvalue weighted by atomic mass is 10.0. The molecular weight excluding hydrogens is 454 g/mol. The Morgan fingerprint density at radius 2 is 1.61 bits per heavy atom. The van der Waals surface area contributed by atoms with Crippen molar-refractivity contribution in [2.75, 3.05) is 0 Å². The molecule has 7 heteroatoms. The highest BCUT2D eigenvalue weighted by Gasteiger charge is 2.23. The predicted molar refractivity (Wildman–Crippen MR) is 137 cm³/mol. The third-order valence-electron chi connectivity index (χ3n) is 5.90. The molecule has 3 aromatic carbocycles. The van der Waals surface area contributed by atoms with Gasteiger partial charge in [-0.05, 0) is 41.3 Å². The molecule has 178 valence electrons. The number of carboxylic acid groups (broad SMARTS) is 1. The third kappa shape index (κ3) is 5.15. The molecule has 5 rings (SSSR count). The predicted octanol–water partition coefficient (Wildman–Crippen LogP) is 4.79. The topological polar surface area (TPSA) is 101 Å². The zero-order chi connectivity index (χ0) is 24.9. The van der Waals surface area contributed by atoms with E-state index in [9.17, 15) is 14.7 Å². The summed E-state index contributed by atoms with van der Waals surface area (Å²) in [5, 5.41) is 14.9. The molecule has 2 heterocycles. The molecule has 2 N–H and O–H groups in total. The Hall–Kier alpha value is -4.78. The second kappa shape index (κ2) is 10.2. The van der Waals surface area contributed by atoms with Crippen LogP contribution in [0.1, 0.15) is 21.7 Å². The van der Waals surface area contributed by atoms with Gasteiger partial charge >= 0.3 is 5.97 Å². The first-order valence-electron chi connectivity index (χ1n) is 11.5. The van der Waals surface area contributed by atoms with Crippen LogP contribution in [0.15, 0.2) is 97.2 Å². The minimum Gasteiger partial charge on any atom is -0.487 e. The summed E-state index contributed by atoms with van der Waals surface area (Å²) in [4.78, 5) is 33.5. The number of para-hydroxylation sites is 1. The van der Waals surface area contributed by atoms with Crippen LogP contribution in [0.2, 0.25) is 0 Å². The number of hydrogen-bond acceptors (Lipinski definition) is 5. The molecule has 0 aliphatic heterocycles. The molecule has 0 spiro atoms. The number of rotatable bonds is 8. The first-order valence-corrected chi connectivity index (χ1v) is 11.5. The number of nitrogens with zero attached hydrogens (tertiary/aromatic N) is 2. The maximum absolute atomic E-state index is 12.9. The largest absolute Gasteiger partial charge is 0.487 e. The SMILES string of the molecule is O=C(NC(Cc1ccc(OCc2ccc3ccccc3n2)cc1)C(=O)O)c1nccc2ccccc12. The van der Waals surface area contributed by atoms with Crippen LogP contribution < -0.4 is 10.1 Å². The van der Waals surface area contributed by atoms with Crippen LogP contribution in [0, 0.1) is 0 Å². The van der Waals surface area contributed by atoms with Crippen molar-refractivity contribution in [3.05, 3.63) is 114 Å². The number of aromatic nitrogens is 2. The van der Waals surface area contributed by atoms with Gasteiger partial charge < -0.3 is 15.2 Å². The van der Waals surface area contributed by atoms with Crippen LogP contribution in [0.5, 0.6) is 5.75 Å². The molecule has 1 amide bonds. The van der Waals surface area contributed by atoms with Gasteiger partial charge in [0.25, 0.3) is 5.91 Å². The summed E-state index contributed by atoms with van der Waals surface area (Å²) >= 11 is 0. The normalized spacial score (nSPS) is 11.8. The number of pyridine rings is 2.